The number of nitrogens with one attached hydrogen (secondary N) is 2. The summed E-state index contributed by atoms with van der Waals surface area (Å²) in [7, 11) is -1.53. The second-order valence-electron chi connectivity index (χ2n) is 7.27. The van der Waals surface area contributed by atoms with E-state index in [1.165, 1.54) is 33.0 Å². The summed E-state index contributed by atoms with van der Waals surface area (Å²) in [4.78, 5) is 12.6. The summed E-state index contributed by atoms with van der Waals surface area (Å²) in [6.07, 6.45) is 6.87. The molecule has 1 aliphatic rings. The lowest BCUT2D eigenvalue weighted by Gasteiger charge is -2.20. The second kappa shape index (κ2) is 5.28. The summed E-state index contributed by atoms with van der Waals surface area (Å²) >= 11 is 0. The van der Waals surface area contributed by atoms with Crippen LogP contribution in [0.2, 0.25) is 19.6 Å². The molecular formula is C18H22N4Si. The lowest BCUT2D eigenvalue weighted by atomic mass is 9.96. The molecule has 23 heavy (non-hydrogen) atoms. The third-order valence-electron chi connectivity index (χ3n) is 4.61. The van der Waals surface area contributed by atoms with Crippen LogP contribution in [0.25, 0.3) is 22.2 Å². The Hall–Kier alpha value is -1.98. The Kier molecular flexibility index (Phi) is 3.35. The fourth-order valence-corrected chi connectivity index (χ4v) is 4.99. The van der Waals surface area contributed by atoms with Crippen molar-refractivity contribution < 1.29 is 0 Å². The molecule has 0 bridgehead atoms. The van der Waals surface area contributed by atoms with Crippen molar-refractivity contribution in [3.05, 3.63) is 41.9 Å². The van der Waals surface area contributed by atoms with E-state index in [-0.39, 0.29) is 0 Å². The maximum absolute atomic E-state index is 4.74. The molecule has 4 heterocycles. The van der Waals surface area contributed by atoms with Gasteiger partial charge < -0.3 is 10.3 Å². The molecule has 0 atom stereocenters. The number of H-pyrrole nitrogens is 1. The summed E-state index contributed by atoms with van der Waals surface area (Å²) in [5.41, 5.74) is 6.40. The highest BCUT2D eigenvalue weighted by Crippen LogP contribution is 2.33. The predicted octanol–water partition coefficient (Wildman–Crippen LogP) is 2.82. The SMILES string of the molecule is C[Si](C)(C)c1[nH]c2ncc3c(c2c1-c1ccncc1)CNCC3. The summed E-state index contributed by atoms with van der Waals surface area (Å²) in [5, 5.41) is 6.20. The van der Waals surface area contributed by atoms with Gasteiger partial charge in [-0.05, 0) is 41.8 Å². The predicted molar refractivity (Wildman–Crippen MR) is 97.7 cm³/mol. The number of pyridine rings is 2. The molecule has 4 rings (SSSR count). The third-order valence-corrected chi connectivity index (χ3v) is 6.49. The first-order valence-electron chi connectivity index (χ1n) is 8.20. The summed E-state index contributed by atoms with van der Waals surface area (Å²) in [5.74, 6) is 0. The van der Waals surface area contributed by atoms with Gasteiger partial charge in [0.15, 0.2) is 0 Å². The van der Waals surface area contributed by atoms with Gasteiger partial charge in [-0.2, -0.15) is 0 Å². The first-order valence-corrected chi connectivity index (χ1v) is 11.7. The van der Waals surface area contributed by atoms with Gasteiger partial charge in [0.1, 0.15) is 5.65 Å². The molecule has 0 saturated carbocycles. The van der Waals surface area contributed by atoms with Crippen molar-refractivity contribution in [1.29, 1.82) is 0 Å². The normalized spacial score (nSPS) is 14.9. The maximum Gasteiger partial charge on any atom is 0.138 e. The van der Waals surface area contributed by atoms with Crippen molar-refractivity contribution >= 4 is 24.4 Å². The second-order valence-corrected chi connectivity index (χ2v) is 12.3. The standard InChI is InChI=1S/C18H22N4Si/c1-23(2,3)18-15(12-4-7-19-8-5-12)16-14-11-20-9-6-13(14)10-21-17(16)22-18/h4-5,7-8,10,20H,6,9,11H2,1-3H3,(H,21,22). The van der Waals surface area contributed by atoms with Gasteiger partial charge in [-0.1, -0.05) is 19.6 Å². The molecule has 1 aliphatic heterocycles. The van der Waals surface area contributed by atoms with Gasteiger partial charge in [0.25, 0.3) is 0 Å². The molecule has 0 amide bonds. The Bertz CT molecular complexity index is 862. The average Bonchev–Trinajstić information content (AvgIpc) is 2.96. The summed E-state index contributed by atoms with van der Waals surface area (Å²) in [6.45, 7) is 9.11. The van der Waals surface area contributed by atoms with Crippen LogP contribution in [0.15, 0.2) is 30.7 Å². The van der Waals surface area contributed by atoms with E-state index in [0.717, 1.165) is 25.2 Å². The number of rotatable bonds is 2. The number of nitrogens with zero attached hydrogens (tertiary/aromatic N) is 2. The molecule has 4 nitrogen and oxygen atoms in total. The van der Waals surface area contributed by atoms with Crippen molar-refractivity contribution in [2.24, 2.45) is 0 Å². The molecule has 2 N–H and O–H groups in total. The fourth-order valence-electron chi connectivity index (χ4n) is 3.48. The molecule has 3 aromatic rings. The number of aromatic amines is 1. The van der Waals surface area contributed by atoms with Crippen LogP contribution in [0.1, 0.15) is 11.1 Å². The van der Waals surface area contributed by atoms with Crippen molar-refractivity contribution in [2.45, 2.75) is 32.6 Å². The fraction of sp³-hybridized carbons (Fsp3) is 0.333. The highest BCUT2D eigenvalue weighted by molar-refractivity contribution is 6.89. The minimum absolute atomic E-state index is 0.926. The van der Waals surface area contributed by atoms with E-state index in [4.69, 9.17) is 4.98 Å². The first-order chi connectivity index (χ1) is 11.1. The molecule has 0 aliphatic carbocycles. The zero-order valence-corrected chi connectivity index (χ0v) is 14.9. The molecule has 0 fully saturated rings. The van der Waals surface area contributed by atoms with E-state index in [0.29, 0.717) is 0 Å². The number of aromatic nitrogens is 3. The first kappa shape index (κ1) is 14.6. The number of hydrogen-bond acceptors (Lipinski definition) is 3. The highest BCUT2D eigenvalue weighted by atomic mass is 28.3. The van der Waals surface area contributed by atoms with Crippen LogP contribution in [0.4, 0.5) is 0 Å². The van der Waals surface area contributed by atoms with Crippen LogP contribution >= 0.6 is 0 Å². The molecule has 0 radical (unpaired) electrons. The van der Waals surface area contributed by atoms with Gasteiger partial charge in [0.05, 0.1) is 8.07 Å². The van der Waals surface area contributed by atoms with Gasteiger partial charge in [-0.15, -0.1) is 0 Å². The van der Waals surface area contributed by atoms with Gasteiger partial charge in [-0.3, -0.25) is 4.98 Å². The van der Waals surface area contributed by atoms with E-state index >= 15 is 0 Å². The number of hydrogen-bond donors (Lipinski definition) is 2. The monoisotopic (exact) mass is 322 g/mol. The van der Waals surface area contributed by atoms with Gasteiger partial charge in [0.2, 0.25) is 0 Å². The summed E-state index contributed by atoms with van der Waals surface area (Å²) < 4.78 is 0. The Morgan fingerprint density at radius 2 is 1.91 bits per heavy atom. The molecule has 118 valence electrons. The minimum atomic E-state index is -1.53. The minimum Gasteiger partial charge on any atom is -0.347 e. The van der Waals surface area contributed by atoms with E-state index < -0.39 is 8.07 Å². The van der Waals surface area contributed by atoms with Crippen LogP contribution < -0.4 is 10.6 Å². The smallest absolute Gasteiger partial charge is 0.138 e. The Labute approximate surface area is 137 Å². The molecule has 5 heteroatoms. The van der Waals surface area contributed by atoms with Crippen molar-refractivity contribution in [3.63, 3.8) is 0 Å². The number of fused-ring (bicyclic) bond motifs is 3. The molecule has 0 saturated heterocycles. The van der Waals surface area contributed by atoms with Gasteiger partial charge in [-0.25, -0.2) is 4.98 Å². The van der Waals surface area contributed by atoms with Gasteiger partial charge in [0, 0.05) is 41.4 Å². The highest BCUT2D eigenvalue weighted by Gasteiger charge is 2.28. The van der Waals surface area contributed by atoms with Crippen LogP contribution in [0, 0.1) is 0 Å². The van der Waals surface area contributed by atoms with Crippen LogP contribution in [-0.2, 0) is 13.0 Å². The topological polar surface area (TPSA) is 53.6 Å². The van der Waals surface area contributed by atoms with Crippen LogP contribution in [0.5, 0.6) is 0 Å². The van der Waals surface area contributed by atoms with Crippen LogP contribution in [-0.4, -0.2) is 29.6 Å². The lowest BCUT2D eigenvalue weighted by molar-refractivity contribution is 0.646. The molecule has 0 spiro atoms. The Balaban J connectivity index is 2.11. The maximum atomic E-state index is 4.74. The van der Waals surface area contributed by atoms with E-state index in [1.807, 2.05) is 12.4 Å². The van der Waals surface area contributed by atoms with E-state index in [9.17, 15) is 0 Å². The average molecular weight is 322 g/mol. The van der Waals surface area contributed by atoms with Crippen LogP contribution in [0.3, 0.4) is 0 Å². The lowest BCUT2D eigenvalue weighted by Crippen LogP contribution is -2.39. The van der Waals surface area contributed by atoms with Crippen molar-refractivity contribution in [1.82, 2.24) is 20.3 Å². The quantitative estimate of drug-likeness (QED) is 0.713. The molecule has 0 unspecified atom stereocenters. The largest absolute Gasteiger partial charge is 0.347 e. The van der Waals surface area contributed by atoms with Crippen molar-refractivity contribution in [3.8, 4) is 11.1 Å². The molecular weight excluding hydrogens is 300 g/mol. The zero-order valence-electron chi connectivity index (χ0n) is 13.9. The van der Waals surface area contributed by atoms with E-state index in [2.05, 4.69) is 53.3 Å². The van der Waals surface area contributed by atoms with Gasteiger partial charge >= 0.3 is 0 Å². The zero-order chi connectivity index (χ0) is 16.0. The molecule has 3 aromatic heterocycles. The Morgan fingerprint density at radius 1 is 1.13 bits per heavy atom. The van der Waals surface area contributed by atoms with Crippen molar-refractivity contribution in [2.75, 3.05) is 6.54 Å². The van der Waals surface area contributed by atoms with E-state index in [1.54, 1.807) is 0 Å². The summed E-state index contributed by atoms with van der Waals surface area (Å²) in [6, 6.07) is 4.23. The Morgan fingerprint density at radius 3 is 2.65 bits per heavy atom. The molecule has 0 aromatic carbocycles. The third kappa shape index (κ3) is 2.40.